The minimum absolute atomic E-state index is 0.0838. The van der Waals surface area contributed by atoms with Crippen molar-refractivity contribution in [3.63, 3.8) is 0 Å². The van der Waals surface area contributed by atoms with Crippen molar-refractivity contribution >= 4 is 34.4 Å². The molecule has 9 heteroatoms. The van der Waals surface area contributed by atoms with Gasteiger partial charge in [0.1, 0.15) is 16.5 Å². The van der Waals surface area contributed by atoms with Crippen molar-refractivity contribution in [1.29, 1.82) is 0 Å². The number of nitrogens with zero attached hydrogens (tertiary/aromatic N) is 1. The lowest BCUT2D eigenvalue weighted by molar-refractivity contribution is 0.0930. The van der Waals surface area contributed by atoms with Crippen LogP contribution in [-0.4, -0.2) is 27.5 Å². The SMILES string of the molecule is C=C(F)/C(Cl)=C\C=C(/C)c1ccc(C(=O)NC(CCN)c2nc(C)c(CO)s2)[nH]1. The van der Waals surface area contributed by atoms with E-state index < -0.39 is 5.83 Å². The van der Waals surface area contributed by atoms with Crippen LogP contribution in [0.5, 0.6) is 0 Å². The number of aromatic nitrogens is 2. The van der Waals surface area contributed by atoms with Crippen molar-refractivity contribution in [2.45, 2.75) is 32.9 Å². The average Bonchev–Trinajstić information content (AvgIpc) is 3.32. The molecule has 2 aromatic rings. The zero-order valence-corrected chi connectivity index (χ0v) is 17.8. The number of hydrogen-bond acceptors (Lipinski definition) is 5. The Morgan fingerprint density at radius 3 is 2.76 bits per heavy atom. The van der Waals surface area contributed by atoms with Gasteiger partial charge in [0.2, 0.25) is 0 Å². The molecule has 0 saturated carbocycles. The first kappa shape index (κ1) is 23.0. The fourth-order valence-electron chi connectivity index (χ4n) is 2.54. The molecular weight excluding hydrogens is 415 g/mol. The maximum absolute atomic E-state index is 12.9. The van der Waals surface area contributed by atoms with Gasteiger partial charge < -0.3 is 21.1 Å². The minimum atomic E-state index is -0.713. The number of halogens is 2. The third-order valence-electron chi connectivity index (χ3n) is 4.21. The number of hydrogen-bond donors (Lipinski definition) is 4. The van der Waals surface area contributed by atoms with Gasteiger partial charge in [-0.15, -0.1) is 11.3 Å². The van der Waals surface area contributed by atoms with Gasteiger partial charge in [-0.3, -0.25) is 4.79 Å². The van der Waals surface area contributed by atoms with Crippen LogP contribution in [0.25, 0.3) is 5.57 Å². The van der Waals surface area contributed by atoms with Crippen LogP contribution in [0.2, 0.25) is 0 Å². The van der Waals surface area contributed by atoms with Crippen molar-refractivity contribution in [1.82, 2.24) is 15.3 Å². The van der Waals surface area contributed by atoms with Crippen LogP contribution in [0.1, 0.15) is 51.1 Å². The zero-order chi connectivity index (χ0) is 21.6. The van der Waals surface area contributed by atoms with E-state index in [-0.39, 0.29) is 23.6 Å². The van der Waals surface area contributed by atoms with Crippen LogP contribution in [0, 0.1) is 6.92 Å². The molecule has 156 valence electrons. The first-order chi connectivity index (χ1) is 13.8. The highest BCUT2D eigenvalue weighted by atomic mass is 35.5. The lowest BCUT2D eigenvalue weighted by Gasteiger charge is -2.15. The normalized spacial score (nSPS) is 13.4. The molecule has 0 aliphatic carbocycles. The van der Waals surface area contributed by atoms with Crippen molar-refractivity contribution in [2.75, 3.05) is 6.54 Å². The summed E-state index contributed by atoms with van der Waals surface area (Å²) in [5.74, 6) is -1.01. The molecule has 0 aromatic carbocycles. The highest BCUT2D eigenvalue weighted by molar-refractivity contribution is 7.11. The number of allylic oxidation sites excluding steroid dienone is 5. The number of H-pyrrole nitrogens is 1. The summed E-state index contributed by atoms with van der Waals surface area (Å²) in [5, 5.41) is 12.9. The Labute approximate surface area is 178 Å². The number of rotatable bonds is 9. The third kappa shape index (κ3) is 6.11. The Kier molecular flexibility index (Phi) is 8.33. The van der Waals surface area contributed by atoms with E-state index in [0.717, 1.165) is 16.1 Å². The van der Waals surface area contributed by atoms with Crippen molar-refractivity contribution in [3.8, 4) is 0 Å². The van der Waals surface area contributed by atoms with E-state index in [2.05, 4.69) is 21.9 Å². The number of nitrogens with two attached hydrogens (primary N) is 1. The van der Waals surface area contributed by atoms with Gasteiger partial charge in [0, 0.05) is 5.69 Å². The van der Waals surface area contributed by atoms with E-state index in [1.54, 1.807) is 25.1 Å². The summed E-state index contributed by atoms with van der Waals surface area (Å²) < 4.78 is 12.9. The summed E-state index contributed by atoms with van der Waals surface area (Å²) in [6.07, 6.45) is 3.56. The third-order valence-corrected chi connectivity index (χ3v) is 5.79. The number of amides is 1. The highest BCUT2D eigenvalue weighted by Crippen LogP contribution is 2.26. The Bertz CT molecular complexity index is 948. The summed E-state index contributed by atoms with van der Waals surface area (Å²) in [6.45, 7) is 7.04. The molecule has 0 saturated heterocycles. The molecule has 0 aliphatic heterocycles. The van der Waals surface area contributed by atoms with Crippen LogP contribution in [0.3, 0.4) is 0 Å². The van der Waals surface area contributed by atoms with Gasteiger partial charge in [0.25, 0.3) is 5.91 Å². The second kappa shape index (κ2) is 10.5. The quantitative estimate of drug-likeness (QED) is 0.442. The lowest BCUT2D eigenvalue weighted by atomic mass is 10.2. The molecule has 2 aromatic heterocycles. The molecule has 0 radical (unpaired) electrons. The van der Waals surface area contributed by atoms with Crippen LogP contribution < -0.4 is 11.1 Å². The smallest absolute Gasteiger partial charge is 0.268 e. The van der Waals surface area contributed by atoms with Crippen molar-refractivity contribution < 1.29 is 14.3 Å². The summed E-state index contributed by atoms with van der Waals surface area (Å²) in [7, 11) is 0. The maximum Gasteiger partial charge on any atom is 0.268 e. The first-order valence-electron chi connectivity index (χ1n) is 8.93. The van der Waals surface area contributed by atoms with E-state index in [9.17, 15) is 14.3 Å². The fourth-order valence-corrected chi connectivity index (χ4v) is 3.62. The molecule has 0 aliphatic rings. The molecule has 1 atom stereocenters. The Hall–Kier alpha value is -2.26. The zero-order valence-electron chi connectivity index (χ0n) is 16.3. The van der Waals surface area contributed by atoms with Gasteiger partial charge in [0.05, 0.1) is 28.3 Å². The number of carbonyl (C=O) groups excluding carboxylic acids is 1. The van der Waals surface area contributed by atoms with Crippen molar-refractivity contribution in [2.24, 2.45) is 5.73 Å². The molecule has 1 amide bonds. The number of aryl methyl sites for hydroxylation is 1. The molecule has 0 fully saturated rings. The van der Waals surface area contributed by atoms with E-state index in [1.165, 1.54) is 17.4 Å². The molecule has 29 heavy (non-hydrogen) atoms. The fraction of sp³-hybridized carbons (Fsp3) is 0.300. The maximum atomic E-state index is 12.9. The first-order valence-corrected chi connectivity index (χ1v) is 10.1. The van der Waals surface area contributed by atoms with Crippen LogP contribution in [0.4, 0.5) is 4.39 Å². The summed E-state index contributed by atoms with van der Waals surface area (Å²) in [6, 6.07) is 3.06. The predicted molar refractivity (Wildman–Crippen MR) is 115 cm³/mol. The average molecular weight is 439 g/mol. The lowest BCUT2D eigenvalue weighted by Crippen LogP contribution is -2.30. The Balaban J connectivity index is 2.16. The molecule has 0 bridgehead atoms. The van der Waals surface area contributed by atoms with Gasteiger partial charge in [-0.1, -0.05) is 24.3 Å². The second-order valence-electron chi connectivity index (χ2n) is 6.38. The Morgan fingerprint density at radius 1 is 1.48 bits per heavy atom. The van der Waals surface area contributed by atoms with Crippen LogP contribution in [0.15, 0.2) is 41.7 Å². The second-order valence-corrected chi connectivity index (χ2v) is 7.90. The van der Waals surface area contributed by atoms with Gasteiger partial charge >= 0.3 is 0 Å². The molecule has 2 heterocycles. The van der Waals surface area contributed by atoms with E-state index in [1.807, 2.05) is 6.92 Å². The van der Waals surface area contributed by atoms with Gasteiger partial charge in [-0.2, -0.15) is 0 Å². The van der Waals surface area contributed by atoms with E-state index >= 15 is 0 Å². The van der Waals surface area contributed by atoms with Gasteiger partial charge in [-0.25, -0.2) is 9.37 Å². The number of carbonyl (C=O) groups is 1. The number of thiazole rings is 1. The predicted octanol–water partition coefficient (Wildman–Crippen LogP) is 4.10. The van der Waals surface area contributed by atoms with Crippen LogP contribution in [-0.2, 0) is 6.61 Å². The van der Waals surface area contributed by atoms with E-state index in [4.69, 9.17) is 17.3 Å². The minimum Gasteiger partial charge on any atom is -0.391 e. The molecular formula is C20H24ClFN4O2S. The summed E-state index contributed by atoms with van der Waals surface area (Å²) in [5.41, 5.74) is 8.27. The number of aliphatic hydroxyl groups is 1. The summed E-state index contributed by atoms with van der Waals surface area (Å²) in [4.78, 5) is 20.9. The molecule has 0 spiro atoms. The molecule has 1 unspecified atom stereocenters. The topological polar surface area (TPSA) is 104 Å². The highest BCUT2D eigenvalue weighted by Gasteiger charge is 2.20. The number of nitrogens with one attached hydrogen (secondary N) is 2. The molecule has 6 nitrogen and oxygen atoms in total. The molecule has 2 rings (SSSR count). The number of aliphatic hydroxyl groups excluding tert-OH is 1. The monoisotopic (exact) mass is 438 g/mol. The largest absolute Gasteiger partial charge is 0.391 e. The molecule has 5 N–H and O–H groups in total. The van der Waals surface area contributed by atoms with Gasteiger partial charge in [-0.05, 0) is 50.6 Å². The summed E-state index contributed by atoms with van der Waals surface area (Å²) >= 11 is 7.07. The standard InChI is InChI=1S/C20H24ClFN4O2S/c1-11(4-5-14(21)12(2)22)15-6-7-16(25-15)19(28)26-17(8-9-23)20-24-13(3)18(10-27)29-20/h4-7,17,25,27H,2,8-10,23H2,1,3H3,(H,26,28)/b11-4+,14-5+. The Morgan fingerprint density at radius 2 is 2.17 bits per heavy atom. The van der Waals surface area contributed by atoms with Gasteiger partial charge in [0.15, 0.2) is 0 Å². The van der Waals surface area contributed by atoms with Crippen LogP contribution >= 0.6 is 22.9 Å². The van der Waals surface area contributed by atoms with E-state index in [0.29, 0.717) is 29.4 Å². The number of aromatic amines is 1. The van der Waals surface area contributed by atoms with Crippen molar-refractivity contribution in [3.05, 3.63) is 68.7 Å².